The smallest absolute Gasteiger partial charge is 0.239 e. The fourth-order valence-electron chi connectivity index (χ4n) is 3.57. The van der Waals surface area contributed by atoms with Gasteiger partial charge >= 0.3 is 0 Å². The number of hydrogen-bond acceptors (Lipinski definition) is 5. The Kier molecular flexibility index (Phi) is 4.20. The second-order valence-electron chi connectivity index (χ2n) is 6.61. The molecule has 2 saturated heterocycles. The SMILES string of the molecule is O=C(C1CC(O)CN1)N1CCC(c2nc3cc(Cl)ccc3o2)CC1. The van der Waals surface area contributed by atoms with Crippen molar-refractivity contribution in [3.05, 3.63) is 29.1 Å². The van der Waals surface area contributed by atoms with Gasteiger partial charge in [0.15, 0.2) is 11.5 Å². The molecular weight excluding hydrogens is 330 g/mol. The average molecular weight is 350 g/mol. The van der Waals surface area contributed by atoms with E-state index in [-0.39, 0.29) is 17.9 Å². The number of benzene rings is 1. The van der Waals surface area contributed by atoms with Crippen LogP contribution in [0.15, 0.2) is 22.6 Å². The van der Waals surface area contributed by atoms with E-state index in [9.17, 15) is 9.90 Å². The Morgan fingerprint density at radius 2 is 2.17 bits per heavy atom. The summed E-state index contributed by atoms with van der Waals surface area (Å²) in [6, 6.07) is 5.19. The molecule has 1 amide bonds. The lowest BCUT2D eigenvalue weighted by molar-refractivity contribution is -0.134. The highest BCUT2D eigenvalue weighted by Crippen LogP contribution is 2.31. The summed E-state index contributed by atoms with van der Waals surface area (Å²) in [6.45, 7) is 1.88. The van der Waals surface area contributed by atoms with Crippen LogP contribution in [-0.2, 0) is 4.79 Å². The monoisotopic (exact) mass is 349 g/mol. The number of aliphatic hydroxyl groups excluding tert-OH is 1. The molecule has 2 unspecified atom stereocenters. The van der Waals surface area contributed by atoms with E-state index in [1.54, 1.807) is 12.1 Å². The van der Waals surface area contributed by atoms with Crippen molar-refractivity contribution >= 4 is 28.6 Å². The number of rotatable bonds is 2. The van der Waals surface area contributed by atoms with Crippen LogP contribution in [0.4, 0.5) is 0 Å². The normalized spacial score (nSPS) is 25.5. The number of piperidine rings is 1. The van der Waals surface area contributed by atoms with Gasteiger partial charge in [-0.3, -0.25) is 4.79 Å². The maximum absolute atomic E-state index is 12.5. The number of aliphatic hydroxyl groups is 1. The van der Waals surface area contributed by atoms with Crippen LogP contribution in [0.2, 0.25) is 5.02 Å². The molecule has 2 aliphatic heterocycles. The lowest BCUT2D eigenvalue weighted by Crippen LogP contribution is -2.46. The van der Waals surface area contributed by atoms with Gasteiger partial charge in [-0.25, -0.2) is 4.98 Å². The van der Waals surface area contributed by atoms with Crippen LogP contribution in [0.5, 0.6) is 0 Å². The summed E-state index contributed by atoms with van der Waals surface area (Å²) in [5.41, 5.74) is 1.53. The first-order chi connectivity index (χ1) is 11.6. The van der Waals surface area contributed by atoms with Crippen molar-refractivity contribution in [1.82, 2.24) is 15.2 Å². The number of likely N-dealkylation sites (tertiary alicyclic amines) is 1. The molecule has 2 atom stereocenters. The summed E-state index contributed by atoms with van der Waals surface area (Å²) in [6.07, 6.45) is 1.76. The van der Waals surface area contributed by atoms with E-state index in [0.29, 0.717) is 31.1 Å². The fourth-order valence-corrected chi connectivity index (χ4v) is 3.73. The van der Waals surface area contributed by atoms with E-state index < -0.39 is 6.10 Å². The van der Waals surface area contributed by atoms with Gasteiger partial charge < -0.3 is 19.7 Å². The molecule has 4 rings (SSSR count). The van der Waals surface area contributed by atoms with E-state index in [2.05, 4.69) is 10.3 Å². The summed E-state index contributed by atoms with van der Waals surface area (Å²) in [4.78, 5) is 18.9. The number of oxazole rings is 1. The third-order valence-electron chi connectivity index (χ3n) is 4.93. The van der Waals surface area contributed by atoms with Crippen LogP contribution in [0.1, 0.15) is 31.1 Å². The molecule has 1 aromatic heterocycles. The Labute approximate surface area is 144 Å². The van der Waals surface area contributed by atoms with Crippen molar-refractivity contribution in [1.29, 1.82) is 0 Å². The molecule has 0 bridgehead atoms. The van der Waals surface area contributed by atoms with Gasteiger partial charge in [0, 0.05) is 30.6 Å². The number of nitrogens with one attached hydrogen (secondary N) is 1. The first-order valence-electron chi connectivity index (χ1n) is 8.36. The number of carbonyl (C=O) groups is 1. The third-order valence-corrected chi connectivity index (χ3v) is 5.16. The number of halogens is 1. The molecular formula is C17H20ClN3O3. The summed E-state index contributed by atoms with van der Waals surface area (Å²) in [5, 5.41) is 13.3. The minimum atomic E-state index is -0.414. The first kappa shape index (κ1) is 15.9. The Morgan fingerprint density at radius 3 is 2.88 bits per heavy atom. The molecule has 6 nitrogen and oxygen atoms in total. The van der Waals surface area contributed by atoms with Crippen LogP contribution in [-0.4, -0.2) is 52.7 Å². The van der Waals surface area contributed by atoms with Crippen molar-refractivity contribution in [3.8, 4) is 0 Å². The third kappa shape index (κ3) is 3.01. The highest BCUT2D eigenvalue weighted by atomic mass is 35.5. The maximum Gasteiger partial charge on any atom is 0.239 e. The van der Waals surface area contributed by atoms with Crippen LogP contribution in [0.25, 0.3) is 11.1 Å². The average Bonchev–Trinajstić information content (AvgIpc) is 3.20. The number of fused-ring (bicyclic) bond motifs is 1. The molecule has 2 aromatic rings. The van der Waals surface area contributed by atoms with E-state index >= 15 is 0 Å². The van der Waals surface area contributed by atoms with Gasteiger partial charge in [0.25, 0.3) is 0 Å². The van der Waals surface area contributed by atoms with Gasteiger partial charge in [0.2, 0.25) is 5.91 Å². The van der Waals surface area contributed by atoms with Gasteiger partial charge in [-0.2, -0.15) is 0 Å². The number of aromatic nitrogens is 1. The Bertz CT molecular complexity index is 755. The molecule has 2 fully saturated rings. The van der Waals surface area contributed by atoms with E-state index in [1.165, 1.54) is 0 Å². The predicted molar refractivity (Wildman–Crippen MR) is 90.0 cm³/mol. The number of hydrogen-bond donors (Lipinski definition) is 2. The number of nitrogens with zero attached hydrogens (tertiary/aromatic N) is 2. The van der Waals surface area contributed by atoms with Crippen molar-refractivity contribution in [2.24, 2.45) is 0 Å². The van der Waals surface area contributed by atoms with Crippen LogP contribution < -0.4 is 5.32 Å². The van der Waals surface area contributed by atoms with Crippen LogP contribution in [0, 0.1) is 0 Å². The van der Waals surface area contributed by atoms with Gasteiger partial charge in [0.05, 0.1) is 12.1 Å². The van der Waals surface area contributed by atoms with Crippen molar-refractivity contribution in [2.75, 3.05) is 19.6 Å². The molecule has 1 aromatic carbocycles. The zero-order valence-electron chi connectivity index (χ0n) is 13.2. The number of β-amino-alcohol motifs (C(OH)–C–C–N with tert-alkyl or cyclic N) is 1. The van der Waals surface area contributed by atoms with Crippen molar-refractivity contribution < 1.29 is 14.3 Å². The molecule has 0 aliphatic carbocycles. The summed E-state index contributed by atoms with van der Waals surface area (Å²) >= 11 is 5.99. The predicted octanol–water partition coefficient (Wildman–Crippen LogP) is 1.91. The molecule has 7 heteroatoms. The first-order valence-corrected chi connectivity index (χ1v) is 8.74. The largest absolute Gasteiger partial charge is 0.440 e. The van der Waals surface area contributed by atoms with Gasteiger partial charge in [0.1, 0.15) is 5.52 Å². The quantitative estimate of drug-likeness (QED) is 0.866. The zero-order valence-corrected chi connectivity index (χ0v) is 14.0. The molecule has 0 radical (unpaired) electrons. The summed E-state index contributed by atoms with van der Waals surface area (Å²) in [5.74, 6) is 1.05. The number of carbonyl (C=O) groups excluding carboxylic acids is 1. The highest BCUT2D eigenvalue weighted by molar-refractivity contribution is 6.31. The van der Waals surface area contributed by atoms with Crippen molar-refractivity contribution in [2.45, 2.75) is 37.3 Å². The highest BCUT2D eigenvalue weighted by Gasteiger charge is 2.34. The molecule has 3 heterocycles. The second kappa shape index (κ2) is 6.35. The molecule has 2 N–H and O–H groups in total. The van der Waals surface area contributed by atoms with Gasteiger partial charge in [-0.15, -0.1) is 0 Å². The lowest BCUT2D eigenvalue weighted by atomic mass is 9.96. The topological polar surface area (TPSA) is 78.6 Å². The van der Waals surface area contributed by atoms with Gasteiger partial charge in [-0.05, 0) is 37.5 Å². The van der Waals surface area contributed by atoms with Crippen LogP contribution >= 0.6 is 11.6 Å². The standard InChI is InChI=1S/C17H20ClN3O3/c18-11-1-2-15-13(7-11)20-16(24-15)10-3-5-21(6-4-10)17(23)14-8-12(22)9-19-14/h1-2,7,10,12,14,19,22H,3-6,8-9H2. The zero-order chi connectivity index (χ0) is 16.7. The molecule has 0 saturated carbocycles. The van der Waals surface area contributed by atoms with E-state index in [4.69, 9.17) is 16.0 Å². The maximum atomic E-state index is 12.5. The van der Waals surface area contributed by atoms with E-state index in [1.807, 2.05) is 11.0 Å². The second-order valence-corrected chi connectivity index (χ2v) is 7.05. The Morgan fingerprint density at radius 1 is 1.38 bits per heavy atom. The minimum absolute atomic E-state index is 0.0920. The lowest BCUT2D eigenvalue weighted by Gasteiger charge is -2.32. The molecule has 0 spiro atoms. The minimum Gasteiger partial charge on any atom is -0.440 e. The molecule has 24 heavy (non-hydrogen) atoms. The summed E-state index contributed by atoms with van der Waals surface area (Å²) in [7, 11) is 0. The van der Waals surface area contributed by atoms with Crippen LogP contribution in [0.3, 0.4) is 0 Å². The summed E-state index contributed by atoms with van der Waals surface area (Å²) < 4.78 is 5.85. The van der Waals surface area contributed by atoms with E-state index in [0.717, 1.165) is 29.8 Å². The molecule has 128 valence electrons. The Balaban J connectivity index is 1.40. The number of amides is 1. The van der Waals surface area contributed by atoms with Crippen molar-refractivity contribution in [3.63, 3.8) is 0 Å². The van der Waals surface area contributed by atoms with Gasteiger partial charge in [-0.1, -0.05) is 11.6 Å². The fraction of sp³-hybridized carbons (Fsp3) is 0.529. The Hall–Kier alpha value is -1.63. The molecule has 2 aliphatic rings.